The lowest BCUT2D eigenvalue weighted by molar-refractivity contribution is 0.702. The molecule has 1 saturated heterocycles. The Hall–Kier alpha value is -0.820. The van der Waals surface area contributed by atoms with Crippen LogP contribution in [0.25, 0.3) is 0 Å². The van der Waals surface area contributed by atoms with E-state index in [2.05, 4.69) is 35.7 Å². The van der Waals surface area contributed by atoms with Crippen LogP contribution in [-0.4, -0.2) is 12.6 Å². The normalized spacial score (nSPS) is 30.8. The highest BCUT2D eigenvalue weighted by Crippen LogP contribution is 2.17. The van der Waals surface area contributed by atoms with Crippen LogP contribution in [0.15, 0.2) is 36.0 Å². The van der Waals surface area contributed by atoms with Gasteiger partial charge in [-0.3, -0.25) is 0 Å². The molecule has 1 aliphatic carbocycles. The van der Waals surface area contributed by atoms with Crippen molar-refractivity contribution in [2.24, 2.45) is 0 Å². The molecule has 1 unspecified atom stereocenters. The van der Waals surface area contributed by atoms with Crippen molar-refractivity contribution < 1.29 is 0 Å². The molecule has 0 saturated carbocycles. The second kappa shape index (κ2) is 4.43. The van der Waals surface area contributed by atoms with E-state index in [0.29, 0.717) is 6.04 Å². The maximum atomic E-state index is 3.52. The third kappa shape index (κ3) is 2.31. The third-order valence-corrected chi connectivity index (χ3v) is 2.70. The van der Waals surface area contributed by atoms with E-state index in [9.17, 15) is 0 Å². The second-order valence-electron chi connectivity index (χ2n) is 3.72. The van der Waals surface area contributed by atoms with Crippen LogP contribution in [0.5, 0.6) is 0 Å². The van der Waals surface area contributed by atoms with Crippen molar-refractivity contribution in [3.8, 4) is 0 Å². The molecule has 2 aliphatic rings. The average molecular weight is 175 g/mol. The molecule has 0 aromatic carbocycles. The minimum Gasteiger partial charge on any atom is -0.310 e. The van der Waals surface area contributed by atoms with Crippen molar-refractivity contribution in [1.29, 1.82) is 0 Å². The lowest BCUT2D eigenvalue weighted by Gasteiger charge is -2.11. The summed E-state index contributed by atoms with van der Waals surface area (Å²) in [6.45, 7) is 1.18. The summed E-state index contributed by atoms with van der Waals surface area (Å²) in [4.78, 5) is 0. The van der Waals surface area contributed by atoms with Gasteiger partial charge in [0.25, 0.3) is 0 Å². The fourth-order valence-corrected chi connectivity index (χ4v) is 1.94. The summed E-state index contributed by atoms with van der Waals surface area (Å²) < 4.78 is 0. The topological polar surface area (TPSA) is 12.0 Å². The van der Waals surface area contributed by atoms with Crippen LogP contribution in [0.4, 0.5) is 0 Å². The molecule has 70 valence electrons. The summed E-state index contributed by atoms with van der Waals surface area (Å²) >= 11 is 0. The van der Waals surface area contributed by atoms with E-state index in [-0.39, 0.29) is 0 Å². The monoisotopic (exact) mass is 175 g/mol. The van der Waals surface area contributed by atoms with Gasteiger partial charge >= 0.3 is 0 Å². The lowest BCUT2D eigenvalue weighted by atomic mass is 10.0. The lowest BCUT2D eigenvalue weighted by Crippen LogP contribution is -2.22. The summed E-state index contributed by atoms with van der Waals surface area (Å²) in [6.07, 6.45) is 16.2. The number of allylic oxidation sites excluding steroid dienone is 4. The van der Waals surface area contributed by atoms with Gasteiger partial charge in [0.15, 0.2) is 0 Å². The van der Waals surface area contributed by atoms with E-state index in [1.165, 1.54) is 37.8 Å². The Morgan fingerprint density at radius 2 is 2.15 bits per heavy atom. The minimum atomic E-state index is 0.610. The first-order chi connectivity index (χ1) is 6.47. The molecule has 1 heteroatoms. The maximum absolute atomic E-state index is 3.52. The van der Waals surface area contributed by atoms with Crippen LogP contribution in [0, 0.1) is 0 Å². The summed E-state index contributed by atoms with van der Waals surface area (Å²) in [5.41, 5.74) is 1.45. The van der Waals surface area contributed by atoms with E-state index in [1.807, 2.05) is 0 Å². The van der Waals surface area contributed by atoms with Crippen molar-refractivity contribution >= 4 is 0 Å². The standard InChI is InChI=1S/C12H17N/c1-2-4-7-11(8-5-3-1)12-9-6-10-13-12/h2,4-5,7-8,12-13H,1,3,6,9-10H2/b4-2?,8-5-,11-7?. The highest BCUT2D eigenvalue weighted by atomic mass is 14.9. The van der Waals surface area contributed by atoms with E-state index in [0.717, 1.165) is 0 Å². The molecule has 13 heavy (non-hydrogen) atoms. The number of hydrogen-bond acceptors (Lipinski definition) is 1. The highest BCUT2D eigenvalue weighted by Gasteiger charge is 2.15. The average Bonchev–Trinajstić information content (AvgIpc) is 2.55. The van der Waals surface area contributed by atoms with Crippen LogP contribution in [0.3, 0.4) is 0 Å². The molecule has 1 heterocycles. The van der Waals surface area contributed by atoms with E-state index >= 15 is 0 Å². The molecule has 0 bridgehead atoms. The van der Waals surface area contributed by atoms with Crippen molar-refractivity contribution in [3.05, 3.63) is 36.0 Å². The molecule has 0 radical (unpaired) electrons. The van der Waals surface area contributed by atoms with Crippen LogP contribution in [-0.2, 0) is 0 Å². The molecule has 1 nitrogen and oxygen atoms in total. The zero-order chi connectivity index (χ0) is 8.93. The van der Waals surface area contributed by atoms with E-state index < -0.39 is 0 Å². The van der Waals surface area contributed by atoms with Gasteiger partial charge < -0.3 is 5.32 Å². The van der Waals surface area contributed by atoms with E-state index in [1.54, 1.807) is 0 Å². The number of rotatable bonds is 1. The highest BCUT2D eigenvalue weighted by molar-refractivity contribution is 5.30. The van der Waals surface area contributed by atoms with Crippen molar-refractivity contribution in [2.75, 3.05) is 6.54 Å². The van der Waals surface area contributed by atoms with Gasteiger partial charge in [-0.05, 0) is 37.8 Å². The number of hydrogen-bond donors (Lipinski definition) is 1. The quantitative estimate of drug-likeness (QED) is 0.646. The van der Waals surface area contributed by atoms with Gasteiger partial charge in [0.05, 0.1) is 0 Å². The molecule has 1 fully saturated rings. The Labute approximate surface area is 80.2 Å². The third-order valence-electron chi connectivity index (χ3n) is 2.70. The smallest absolute Gasteiger partial charge is 0.0320 e. The predicted octanol–water partition coefficient (Wildman–Crippen LogP) is 2.57. The molecule has 0 aromatic rings. The molecule has 0 aromatic heterocycles. The van der Waals surface area contributed by atoms with Crippen LogP contribution in [0.2, 0.25) is 0 Å². The van der Waals surface area contributed by atoms with Crippen molar-refractivity contribution in [3.63, 3.8) is 0 Å². The summed E-state index contributed by atoms with van der Waals surface area (Å²) in [5, 5.41) is 3.52. The van der Waals surface area contributed by atoms with Gasteiger partial charge in [0, 0.05) is 6.04 Å². The van der Waals surface area contributed by atoms with Crippen LogP contribution >= 0.6 is 0 Å². The first-order valence-electron chi connectivity index (χ1n) is 5.23. The largest absolute Gasteiger partial charge is 0.310 e. The van der Waals surface area contributed by atoms with Gasteiger partial charge in [0.1, 0.15) is 0 Å². The molecule has 2 rings (SSSR count). The van der Waals surface area contributed by atoms with Gasteiger partial charge in [-0.2, -0.15) is 0 Å². The predicted molar refractivity (Wildman–Crippen MR) is 56.6 cm³/mol. The molecular formula is C12H17N. The van der Waals surface area contributed by atoms with Crippen molar-refractivity contribution in [2.45, 2.75) is 31.7 Å². The Bertz CT molecular complexity index is 242. The van der Waals surface area contributed by atoms with Crippen molar-refractivity contribution in [1.82, 2.24) is 5.32 Å². The van der Waals surface area contributed by atoms with Crippen LogP contribution in [0.1, 0.15) is 25.7 Å². The van der Waals surface area contributed by atoms with Gasteiger partial charge in [-0.1, -0.05) is 30.4 Å². The van der Waals surface area contributed by atoms with Gasteiger partial charge in [-0.15, -0.1) is 0 Å². The minimum absolute atomic E-state index is 0.610. The van der Waals surface area contributed by atoms with Gasteiger partial charge in [-0.25, -0.2) is 0 Å². The Balaban J connectivity index is 2.09. The molecule has 1 atom stereocenters. The summed E-state index contributed by atoms with van der Waals surface area (Å²) in [5.74, 6) is 0. The fourth-order valence-electron chi connectivity index (χ4n) is 1.94. The fraction of sp³-hybridized carbons (Fsp3) is 0.500. The molecular weight excluding hydrogens is 158 g/mol. The van der Waals surface area contributed by atoms with Gasteiger partial charge in [0.2, 0.25) is 0 Å². The second-order valence-corrected chi connectivity index (χ2v) is 3.72. The Kier molecular flexibility index (Phi) is 2.98. The molecule has 0 spiro atoms. The summed E-state index contributed by atoms with van der Waals surface area (Å²) in [6, 6.07) is 0.610. The first kappa shape index (κ1) is 8.76. The molecule has 1 aliphatic heterocycles. The Morgan fingerprint density at radius 3 is 3.00 bits per heavy atom. The zero-order valence-corrected chi connectivity index (χ0v) is 8.00. The number of nitrogens with one attached hydrogen (secondary N) is 1. The van der Waals surface area contributed by atoms with E-state index in [4.69, 9.17) is 0 Å². The first-order valence-corrected chi connectivity index (χ1v) is 5.23. The maximum Gasteiger partial charge on any atom is 0.0320 e. The molecule has 1 N–H and O–H groups in total. The SMILES string of the molecule is C1=CCC/C=C\C(C2CCCN2)=C1. The van der Waals surface area contributed by atoms with Crippen LogP contribution < -0.4 is 5.32 Å². The molecule has 0 amide bonds. The summed E-state index contributed by atoms with van der Waals surface area (Å²) in [7, 11) is 0. The Morgan fingerprint density at radius 1 is 1.23 bits per heavy atom. The zero-order valence-electron chi connectivity index (χ0n) is 8.00.